The molecule has 3 nitrogen and oxygen atoms in total. The van der Waals surface area contributed by atoms with E-state index >= 15 is 0 Å². The van der Waals surface area contributed by atoms with Crippen LogP contribution in [0, 0.1) is 0 Å². The van der Waals surface area contributed by atoms with Crippen LogP contribution in [0.2, 0.25) is 10.0 Å². The van der Waals surface area contributed by atoms with Gasteiger partial charge in [0, 0.05) is 21.7 Å². The minimum Gasteiger partial charge on any atom is -0.493 e. The Hall–Kier alpha value is -1.23. The standard InChI is InChI=1S/C15H11BrCl2O3/c1-20-13-6-10(12(18)7-14(13)21-2)15(19)9-4-3-8(16)5-11(9)17/h3-7H,1-2H3. The van der Waals surface area contributed by atoms with Gasteiger partial charge in [0.15, 0.2) is 17.3 Å². The summed E-state index contributed by atoms with van der Waals surface area (Å²) in [6, 6.07) is 8.13. The Morgan fingerprint density at radius 2 is 1.52 bits per heavy atom. The van der Waals surface area contributed by atoms with Gasteiger partial charge in [-0.15, -0.1) is 0 Å². The fraction of sp³-hybridized carbons (Fsp3) is 0.133. The summed E-state index contributed by atoms with van der Waals surface area (Å²) in [5.41, 5.74) is 0.674. The number of methoxy groups -OCH3 is 2. The largest absolute Gasteiger partial charge is 0.493 e. The Labute approximate surface area is 140 Å². The van der Waals surface area contributed by atoms with E-state index in [-0.39, 0.29) is 10.8 Å². The van der Waals surface area contributed by atoms with Crippen molar-refractivity contribution in [3.05, 3.63) is 56.0 Å². The van der Waals surface area contributed by atoms with E-state index in [0.29, 0.717) is 27.6 Å². The minimum absolute atomic E-state index is 0.275. The molecule has 6 heteroatoms. The van der Waals surface area contributed by atoms with Crippen LogP contribution in [0.1, 0.15) is 15.9 Å². The van der Waals surface area contributed by atoms with Crippen molar-refractivity contribution in [2.45, 2.75) is 0 Å². The molecule has 0 N–H and O–H groups in total. The molecule has 0 bridgehead atoms. The predicted molar refractivity (Wildman–Crippen MR) is 87.1 cm³/mol. The van der Waals surface area contributed by atoms with Crippen molar-refractivity contribution in [1.82, 2.24) is 0 Å². The molecular formula is C15H11BrCl2O3. The van der Waals surface area contributed by atoms with Gasteiger partial charge in [-0.2, -0.15) is 0 Å². The summed E-state index contributed by atoms with van der Waals surface area (Å²) in [4.78, 5) is 12.6. The maximum atomic E-state index is 12.6. The first-order chi connectivity index (χ1) is 9.97. The highest BCUT2D eigenvalue weighted by Crippen LogP contribution is 2.35. The lowest BCUT2D eigenvalue weighted by Crippen LogP contribution is -2.04. The summed E-state index contributed by atoms with van der Waals surface area (Å²) in [5, 5.41) is 0.622. The van der Waals surface area contributed by atoms with Crippen molar-refractivity contribution < 1.29 is 14.3 Å². The van der Waals surface area contributed by atoms with Gasteiger partial charge in [0.25, 0.3) is 0 Å². The third kappa shape index (κ3) is 3.34. The maximum absolute atomic E-state index is 12.6. The van der Waals surface area contributed by atoms with Crippen LogP contribution in [0.25, 0.3) is 0 Å². The van der Waals surface area contributed by atoms with Crippen LogP contribution in [0.4, 0.5) is 0 Å². The second kappa shape index (κ2) is 6.69. The summed E-state index contributed by atoms with van der Waals surface area (Å²) >= 11 is 15.6. The van der Waals surface area contributed by atoms with E-state index in [2.05, 4.69) is 15.9 Å². The number of hydrogen-bond donors (Lipinski definition) is 0. The van der Waals surface area contributed by atoms with Gasteiger partial charge in [-0.05, 0) is 24.3 Å². The molecule has 0 aliphatic carbocycles. The SMILES string of the molecule is COc1cc(Cl)c(C(=O)c2ccc(Br)cc2Cl)cc1OC. The Bertz CT molecular complexity index is 702. The number of halogens is 3. The average molecular weight is 390 g/mol. The van der Waals surface area contributed by atoms with Crippen molar-refractivity contribution in [1.29, 1.82) is 0 Å². The van der Waals surface area contributed by atoms with Crippen LogP contribution < -0.4 is 9.47 Å². The summed E-state index contributed by atoms with van der Waals surface area (Å²) in [5.74, 6) is 0.609. The fourth-order valence-electron chi connectivity index (χ4n) is 1.85. The zero-order chi connectivity index (χ0) is 15.6. The lowest BCUT2D eigenvalue weighted by Gasteiger charge is -2.11. The molecule has 0 fully saturated rings. The van der Waals surface area contributed by atoms with E-state index in [0.717, 1.165) is 4.47 Å². The molecular weight excluding hydrogens is 379 g/mol. The summed E-state index contributed by atoms with van der Waals surface area (Å²) < 4.78 is 11.1. The zero-order valence-electron chi connectivity index (χ0n) is 11.2. The van der Waals surface area contributed by atoms with Crippen molar-refractivity contribution in [2.75, 3.05) is 14.2 Å². The van der Waals surface area contributed by atoms with Crippen LogP contribution in [-0.2, 0) is 0 Å². The Morgan fingerprint density at radius 3 is 2.10 bits per heavy atom. The van der Waals surface area contributed by atoms with Crippen LogP contribution in [-0.4, -0.2) is 20.0 Å². The zero-order valence-corrected chi connectivity index (χ0v) is 14.3. The highest BCUT2D eigenvalue weighted by molar-refractivity contribution is 9.10. The number of ether oxygens (including phenoxy) is 2. The molecule has 0 spiro atoms. The summed E-state index contributed by atoms with van der Waals surface area (Å²) in [6.07, 6.45) is 0. The molecule has 0 aliphatic rings. The topological polar surface area (TPSA) is 35.5 Å². The van der Waals surface area contributed by atoms with E-state index in [4.69, 9.17) is 32.7 Å². The molecule has 0 radical (unpaired) electrons. The van der Waals surface area contributed by atoms with Crippen LogP contribution in [0.5, 0.6) is 11.5 Å². The first-order valence-electron chi connectivity index (χ1n) is 5.89. The molecule has 110 valence electrons. The third-order valence-electron chi connectivity index (χ3n) is 2.89. The quantitative estimate of drug-likeness (QED) is 0.690. The molecule has 0 saturated heterocycles. The fourth-order valence-corrected chi connectivity index (χ4v) is 2.85. The lowest BCUT2D eigenvalue weighted by atomic mass is 10.0. The van der Waals surface area contributed by atoms with Gasteiger partial charge in [0.05, 0.1) is 24.3 Å². The Balaban J connectivity index is 2.53. The van der Waals surface area contributed by atoms with Gasteiger partial charge in [0.1, 0.15) is 0 Å². The molecule has 0 unspecified atom stereocenters. The van der Waals surface area contributed by atoms with E-state index in [9.17, 15) is 4.79 Å². The monoisotopic (exact) mass is 388 g/mol. The number of carbonyl (C=O) groups excluding carboxylic acids is 1. The highest BCUT2D eigenvalue weighted by Gasteiger charge is 2.19. The number of benzene rings is 2. The maximum Gasteiger partial charge on any atom is 0.196 e. The highest BCUT2D eigenvalue weighted by atomic mass is 79.9. The average Bonchev–Trinajstić information content (AvgIpc) is 2.46. The molecule has 0 heterocycles. The smallest absolute Gasteiger partial charge is 0.196 e. The minimum atomic E-state index is -0.279. The molecule has 2 aromatic carbocycles. The number of rotatable bonds is 4. The van der Waals surface area contributed by atoms with E-state index in [1.54, 1.807) is 30.3 Å². The molecule has 0 atom stereocenters. The van der Waals surface area contributed by atoms with Crippen LogP contribution >= 0.6 is 39.1 Å². The van der Waals surface area contributed by atoms with Gasteiger partial charge >= 0.3 is 0 Å². The van der Waals surface area contributed by atoms with Crippen molar-refractivity contribution >= 4 is 44.9 Å². The Kier molecular flexibility index (Phi) is 5.14. The van der Waals surface area contributed by atoms with E-state index in [1.165, 1.54) is 14.2 Å². The van der Waals surface area contributed by atoms with Crippen LogP contribution in [0.15, 0.2) is 34.8 Å². The van der Waals surface area contributed by atoms with Gasteiger partial charge < -0.3 is 9.47 Å². The molecule has 0 aromatic heterocycles. The number of hydrogen-bond acceptors (Lipinski definition) is 3. The van der Waals surface area contributed by atoms with Crippen molar-refractivity contribution in [3.63, 3.8) is 0 Å². The van der Waals surface area contributed by atoms with Gasteiger partial charge in [-0.25, -0.2) is 0 Å². The Morgan fingerprint density at radius 1 is 0.952 bits per heavy atom. The molecule has 21 heavy (non-hydrogen) atoms. The summed E-state index contributed by atoms with van der Waals surface area (Å²) in [7, 11) is 2.99. The van der Waals surface area contributed by atoms with E-state index < -0.39 is 0 Å². The third-order valence-corrected chi connectivity index (χ3v) is 4.01. The van der Waals surface area contributed by atoms with E-state index in [1.807, 2.05) is 0 Å². The lowest BCUT2D eigenvalue weighted by molar-refractivity contribution is 0.103. The van der Waals surface area contributed by atoms with Crippen molar-refractivity contribution in [3.8, 4) is 11.5 Å². The normalized spacial score (nSPS) is 10.3. The van der Waals surface area contributed by atoms with Gasteiger partial charge in [0.2, 0.25) is 0 Å². The molecule has 2 aromatic rings. The van der Waals surface area contributed by atoms with Gasteiger partial charge in [-0.3, -0.25) is 4.79 Å². The number of ketones is 1. The first kappa shape index (κ1) is 16.1. The van der Waals surface area contributed by atoms with Gasteiger partial charge in [-0.1, -0.05) is 39.1 Å². The second-order valence-electron chi connectivity index (χ2n) is 4.14. The molecule has 0 saturated carbocycles. The second-order valence-corrected chi connectivity index (χ2v) is 5.87. The predicted octanol–water partition coefficient (Wildman–Crippen LogP) is 5.00. The first-order valence-corrected chi connectivity index (χ1v) is 7.44. The molecule has 0 amide bonds. The number of carbonyl (C=O) groups is 1. The van der Waals surface area contributed by atoms with Crippen molar-refractivity contribution in [2.24, 2.45) is 0 Å². The summed E-state index contributed by atoms with van der Waals surface area (Å²) in [6.45, 7) is 0. The van der Waals surface area contributed by atoms with Crippen LogP contribution in [0.3, 0.4) is 0 Å². The molecule has 0 aliphatic heterocycles. The molecule has 2 rings (SSSR count).